The van der Waals surface area contributed by atoms with Crippen molar-refractivity contribution in [1.29, 1.82) is 0 Å². The standard InChI is InChI=1S/C12H21N3S/c1-3-9-6-5-7-15(9)12-14-10(4-2)11(8-13)16-12/h9H,3-8,13H2,1-2H3. The van der Waals surface area contributed by atoms with Gasteiger partial charge in [0.15, 0.2) is 5.13 Å². The first-order chi connectivity index (χ1) is 7.80. The van der Waals surface area contributed by atoms with Crippen LogP contribution in [0.25, 0.3) is 0 Å². The minimum atomic E-state index is 0.630. The molecule has 1 aromatic heterocycles. The fourth-order valence-electron chi connectivity index (χ4n) is 2.44. The summed E-state index contributed by atoms with van der Waals surface area (Å²) in [6.07, 6.45) is 4.83. The van der Waals surface area contributed by atoms with Crippen LogP contribution in [-0.4, -0.2) is 17.6 Å². The van der Waals surface area contributed by atoms with Crippen LogP contribution in [0, 0.1) is 0 Å². The topological polar surface area (TPSA) is 42.2 Å². The van der Waals surface area contributed by atoms with Gasteiger partial charge < -0.3 is 10.6 Å². The summed E-state index contributed by atoms with van der Waals surface area (Å²) in [4.78, 5) is 8.48. The van der Waals surface area contributed by atoms with E-state index in [9.17, 15) is 0 Å². The molecule has 0 radical (unpaired) electrons. The van der Waals surface area contributed by atoms with Gasteiger partial charge in [0.05, 0.1) is 5.69 Å². The van der Waals surface area contributed by atoms with Gasteiger partial charge in [0.2, 0.25) is 0 Å². The van der Waals surface area contributed by atoms with E-state index >= 15 is 0 Å². The van der Waals surface area contributed by atoms with Crippen LogP contribution in [0.4, 0.5) is 5.13 Å². The predicted octanol–water partition coefficient (Wildman–Crippen LogP) is 2.54. The van der Waals surface area contributed by atoms with Gasteiger partial charge in [0.1, 0.15) is 0 Å². The summed E-state index contributed by atoms with van der Waals surface area (Å²) in [6, 6.07) is 0.696. The van der Waals surface area contributed by atoms with Crippen LogP contribution in [0.15, 0.2) is 0 Å². The van der Waals surface area contributed by atoms with Gasteiger partial charge in [-0.2, -0.15) is 0 Å². The number of aromatic nitrogens is 1. The minimum absolute atomic E-state index is 0.630. The number of hydrogen-bond acceptors (Lipinski definition) is 4. The maximum atomic E-state index is 5.76. The van der Waals surface area contributed by atoms with E-state index in [4.69, 9.17) is 10.7 Å². The Hall–Kier alpha value is -0.610. The van der Waals surface area contributed by atoms with Gasteiger partial charge in [0.25, 0.3) is 0 Å². The number of nitrogens with two attached hydrogens (primary N) is 1. The van der Waals surface area contributed by atoms with Gasteiger partial charge in [-0.15, -0.1) is 11.3 Å². The number of thiazole rings is 1. The molecule has 90 valence electrons. The summed E-state index contributed by atoms with van der Waals surface area (Å²) in [7, 11) is 0. The van der Waals surface area contributed by atoms with Gasteiger partial charge in [0, 0.05) is 24.0 Å². The molecule has 0 spiro atoms. The molecule has 0 aliphatic carbocycles. The second-order valence-electron chi connectivity index (χ2n) is 4.32. The van der Waals surface area contributed by atoms with Gasteiger partial charge in [-0.25, -0.2) is 4.98 Å². The largest absolute Gasteiger partial charge is 0.345 e. The normalized spacial score (nSPS) is 20.7. The molecule has 3 nitrogen and oxygen atoms in total. The highest BCUT2D eigenvalue weighted by atomic mass is 32.1. The van der Waals surface area contributed by atoms with Crippen molar-refractivity contribution >= 4 is 16.5 Å². The number of anilines is 1. The van der Waals surface area contributed by atoms with Crippen LogP contribution in [0.1, 0.15) is 43.7 Å². The minimum Gasteiger partial charge on any atom is -0.345 e. The summed E-state index contributed by atoms with van der Waals surface area (Å²) < 4.78 is 0. The summed E-state index contributed by atoms with van der Waals surface area (Å²) in [5, 5.41) is 1.20. The van der Waals surface area contributed by atoms with Crippen molar-refractivity contribution in [3.8, 4) is 0 Å². The summed E-state index contributed by atoms with van der Waals surface area (Å²) >= 11 is 1.79. The Balaban J connectivity index is 2.22. The van der Waals surface area contributed by atoms with Crippen molar-refractivity contribution < 1.29 is 0 Å². The lowest BCUT2D eigenvalue weighted by atomic mass is 10.2. The second kappa shape index (κ2) is 5.15. The van der Waals surface area contributed by atoms with Crippen LogP contribution in [0.3, 0.4) is 0 Å². The number of nitrogens with zero attached hydrogens (tertiary/aromatic N) is 2. The van der Waals surface area contributed by atoms with E-state index < -0.39 is 0 Å². The number of aryl methyl sites for hydroxylation is 1. The number of hydrogen-bond donors (Lipinski definition) is 1. The molecule has 0 amide bonds. The maximum Gasteiger partial charge on any atom is 0.186 e. The summed E-state index contributed by atoms with van der Waals surface area (Å²) in [5.41, 5.74) is 6.96. The van der Waals surface area contributed by atoms with Crippen LogP contribution >= 0.6 is 11.3 Å². The van der Waals surface area contributed by atoms with Gasteiger partial charge >= 0.3 is 0 Å². The number of rotatable bonds is 4. The Morgan fingerprint density at radius 1 is 1.50 bits per heavy atom. The quantitative estimate of drug-likeness (QED) is 0.878. The van der Waals surface area contributed by atoms with Gasteiger partial charge in [-0.1, -0.05) is 13.8 Å². The lowest BCUT2D eigenvalue weighted by Crippen LogP contribution is -2.28. The van der Waals surface area contributed by atoms with E-state index in [1.807, 2.05) is 0 Å². The zero-order valence-corrected chi connectivity index (χ0v) is 11.0. The molecule has 0 aromatic carbocycles. The van der Waals surface area contributed by atoms with Crippen molar-refractivity contribution in [2.75, 3.05) is 11.4 Å². The molecule has 0 saturated carbocycles. The molecule has 2 N–H and O–H groups in total. The third-order valence-electron chi connectivity index (χ3n) is 3.38. The lowest BCUT2D eigenvalue weighted by molar-refractivity contribution is 0.644. The van der Waals surface area contributed by atoms with Crippen LogP contribution in [-0.2, 0) is 13.0 Å². The highest BCUT2D eigenvalue weighted by molar-refractivity contribution is 7.15. The Bertz CT molecular complexity index is 327. The van der Waals surface area contributed by atoms with E-state index in [-0.39, 0.29) is 0 Å². The highest BCUT2D eigenvalue weighted by Crippen LogP contribution is 2.32. The van der Waals surface area contributed by atoms with Crippen LogP contribution in [0.2, 0.25) is 0 Å². The second-order valence-corrected chi connectivity index (χ2v) is 5.38. The predicted molar refractivity (Wildman–Crippen MR) is 70.0 cm³/mol. The van der Waals surface area contributed by atoms with E-state index in [0.717, 1.165) is 6.42 Å². The molecular weight excluding hydrogens is 218 g/mol. The van der Waals surface area contributed by atoms with Crippen molar-refractivity contribution in [3.63, 3.8) is 0 Å². The highest BCUT2D eigenvalue weighted by Gasteiger charge is 2.26. The molecule has 1 unspecified atom stereocenters. The fraction of sp³-hybridized carbons (Fsp3) is 0.750. The SMILES string of the molecule is CCc1nc(N2CCCC2CC)sc1CN. The molecule has 4 heteroatoms. The average Bonchev–Trinajstić information content (AvgIpc) is 2.93. The molecular formula is C12H21N3S. The van der Waals surface area contributed by atoms with Gasteiger partial charge in [-0.3, -0.25) is 0 Å². The zero-order valence-electron chi connectivity index (χ0n) is 10.2. The molecule has 0 bridgehead atoms. The van der Waals surface area contributed by atoms with Crippen molar-refractivity contribution in [3.05, 3.63) is 10.6 Å². The fourth-order valence-corrected chi connectivity index (χ4v) is 3.57. The Morgan fingerprint density at radius 2 is 2.31 bits per heavy atom. The smallest absolute Gasteiger partial charge is 0.186 e. The van der Waals surface area contributed by atoms with E-state index in [1.54, 1.807) is 11.3 Å². The molecule has 1 saturated heterocycles. The summed E-state index contributed by atoms with van der Waals surface area (Å²) in [5.74, 6) is 0. The van der Waals surface area contributed by atoms with Crippen molar-refractivity contribution in [1.82, 2.24) is 4.98 Å². The molecule has 16 heavy (non-hydrogen) atoms. The Labute approximate surface area is 102 Å². The van der Waals surface area contributed by atoms with Gasteiger partial charge in [-0.05, 0) is 25.7 Å². The van der Waals surface area contributed by atoms with E-state index in [0.29, 0.717) is 12.6 Å². The van der Waals surface area contributed by atoms with Crippen LogP contribution in [0.5, 0.6) is 0 Å². The third kappa shape index (κ3) is 2.09. The van der Waals surface area contributed by atoms with Crippen LogP contribution < -0.4 is 10.6 Å². The zero-order chi connectivity index (χ0) is 11.5. The maximum absolute atomic E-state index is 5.76. The summed E-state index contributed by atoms with van der Waals surface area (Å²) in [6.45, 7) is 6.21. The molecule has 1 fully saturated rings. The lowest BCUT2D eigenvalue weighted by Gasteiger charge is -2.22. The average molecular weight is 239 g/mol. The first kappa shape index (κ1) is 11.9. The molecule has 2 rings (SSSR count). The molecule has 1 aliphatic heterocycles. The van der Waals surface area contributed by atoms with E-state index in [2.05, 4.69) is 18.7 Å². The molecule has 1 aromatic rings. The van der Waals surface area contributed by atoms with E-state index in [1.165, 1.54) is 41.5 Å². The Kier molecular flexibility index (Phi) is 3.82. The first-order valence-corrected chi connectivity index (χ1v) is 7.07. The monoisotopic (exact) mass is 239 g/mol. The van der Waals surface area contributed by atoms with Crippen molar-refractivity contribution in [2.45, 2.75) is 52.1 Å². The Morgan fingerprint density at radius 3 is 2.88 bits per heavy atom. The third-order valence-corrected chi connectivity index (χ3v) is 4.54. The molecule has 1 aliphatic rings. The van der Waals surface area contributed by atoms with Crippen molar-refractivity contribution in [2.24, 2.45) is 5.73 Å². The molecule has 2 heterocycles. The first-order valence-electron chi connectivity index (χ1n) is 6.25. The molecule has 1 atom stereocenters.